The van der Waals surface area contributed by atoms with E-state index in [9.17, 15) is 4.79 Å². The van der Waals surface area contributed by atoms with E-state index in [0.717, 1.165) is 38.1 Å². The molecule has 1 amide bonds. The van der Waals surface area contributed by atoms with Crippen molar-refractivity contribution >= 4 is 5.91 Å². The zero-order valence-corrected chi connectivity index (χ0v) is 14.8. The van der Waals surface area contributed by atoms with E-state index < -0.39 is 0 Å². The summed E-state index contributed by atoms with van der Waals surface area (Å²) in [6, 6.07) is 1.39. The normalized spacial score (nSPS) is 26.5. The average molecular weight is 307 g/mol. The van der Waals surface area contributed by atoms with Crippen molar-refractivity contribution in [2.45, 2.75) is 52.6 Å². The summed E-state index contributed by atoms with van der Waals surface area (Å²) in [4.78, 5) is 19.7. The molecule has 22 heavy (non-hydrogen) atoms. The molecule has 0 bridgehead atoms. The lowest BCUT2D eigenvalue weighted by molar-refractivity contribution is -0.150. The van der Waals surface area contributed by atoms with Gasteiger partial charge in [0.15, 0.2) is 0 Å². The summed E-state index contributed by atoms with van der Waals surface area (Å²) in [6.45, 7) is 15.6. The average Bonchev–Trinajstić information content (AvgIpc) is 2.35. The number of nitrogens with zero attached hydrogens (tertiary/aromatic N) is 3. The number of likely N-dealkylation sites (tertiary alicyclic amines) is 3. The molecule has 0 aliphatic carbocycles. The molecule has 3 heterocycles. The molecular weight excluding hydrogens is 274 g/mol. The fourth-order valence-electron chi connectivity index (χ4n) is 4.11. The zero-order chi connectivity index (χ0) is 15.9. The van der Waals surface area contributed by atoms with Crippen molar-refractivity contribution in [2.75, 3.05) is 39.3 Å². The van der Waals surface area contributed by atoms with Crippen LogP contribution < -0.4 is 0 Å². The van der Waals surface area contributed by atoms with Crippen molar-refractivity contribution in [3.63, 3.8) is 0 Å². The molecule has 0 spiro atoms. The number of hydrogen-bond donors (Lipinski definition) is 0. The van der Waals surface area contributed by atoms with Crippen LogP contribution >= 0.6 is 0 Å². The van der Waals surface area contributed by atoms with Crippen LogP contribution in [0, 0.1) is 17.8 Å². The van der Waals surface area contributed by atoms with Gasteiger partial charge in [0.05, 0.1) is 5.92 Å². The minimum absolute atomic E-state index is 0.288. The summed E-state index contributed by atoms with van der Waals surface area (Å²) in [6.07, 6.45) is 2.55. The van der Waals surface area contributed by atoms with Gasteiger partial charge in [0.25, 0.3) is 0 Å². The number of hydrogen-bond acceptors (Lipinski definition) is 3. The molecule has 0 aromatic carbocycles. The van der Waals surface area contributed by atoms with Crippen molar-refractivity contribution in [2.24, 2.45) is 17.8 Å². The highest BCUT2D eigenvalue weighted by atomic mass is 16.2. The topological polar surface area (TPSA) is 26.8 Å². The standard InChI is InChI=1S/C18H33N3O/c1-13(2)15-9-21(10-15)18(22)16-11-20(12-16)17-5-7-19(8-6-17)14(3)4/h13-17H,5-12H2,1-4H3. The minimum atomic E-state index is 0.288. The molecule has 3 saturated heterocycles. The van der Waals surface area contributed by atoms with Crippen LogP contribution in [-0.2, 0) is 4.79 Å². The van der Waals surface area contributed by atoms with Crippen molar-refractivity contribution < 1.29 is 4.79 Å². The van der Waals surface area contributed by atoms with Gasteiger partial charge in [0, 0.05) is 38.3 Å². The minimum Gasteiger partial charge on any atom is -0.342 e. The van der Waals surface area contributed by atoms with Crippen LogP contribution in [0.25, 0.3) is 0 Å². The fourth-order valence-corrected chi connectivity index (χ4v) is 4.11. The molecule has 0 aromatic rings. The third-order valence-corrected chi connectivity index (χ3v) is 6.17. The third-order valence-electron chi connectivity index (χ3n) is 6.17. The monoisotopic (exact) mass is 307 g/mol. The predicted octanol–water partition coefficient (Wildman–Crippen LogP) is 1.91. The van der Waals surface area contributed by atoms with Crippen LogP contribution in [0.3, 0.4) is 0 Å². The lowest BCUT2D eigenvalue weighted by atomic mass is 9.85. The highest BCUT2D eigenvalue weighted by Crippen LogP contribution is 2.30. The first-order valence-corrected chi connectivity index (χ1v) is 9.22. The second-order valence-electron chi connectivity index (χ2n) is 8.26. The van der Waals surface area contributed by atoms with Crippen molar-refractivity contribution in [3.8, 4) is 0 Å². The molecule has 3 aliphatic heterocycles. The summed E-state index contributed by atoms with van der Waals surface area (Å²) in [5.74, 6) is 2.16. The summed E-state index contributed by atoms with van der Waals surface area (Å²) in [7, 11) is 0. The molecule has 0 unspecified atom stereocenters. The van der Waals surface area contributed by atoms with E-state index in [4.69, 9.17) is 0 Å². The Morgan fingerprint density at radius 2 is 1.55 bits per heavy atom. The van der Waals surface area contributed by atoms with Gasteiger partial charge >= 0.3 is 0 Å². The lowest BCUT2D eigenvalue weighted by Gasteiger charge is -2.50. The highest BCUT2D eigenvalue weighted by molar-refractivity contribution is 5.81. The Morgan fingerprint density at radius 3 is 2.05 bits per heavy atom. The SMILES string of the molecule is CC(C)C1CN(C(=O)C2CN(C3CCN(C(C)C)CC3)C2)C1. The second-order valence-corrected chi connectivity index (χ2v) is 8.26. The van der Waals surface area contributed by atoms with Crippen LogP contribution in [-0.4, -0.2) is 72.0 Å². The molecule has 4 heteroatoms. The summed E-state index contributed by atoms with van der Waals surface area (Å²) >= 11 is 0. The van der Waals surface area contributed by atoms with Gasteiger partial charge in [-0.2, -0.15) is 0 Å². The van der Waals surface area contributed by atoms with Gasteiger partial charge < -0.3 is 9.80 Å². The Morgan fingerprint density at radius 1 is 0.955 bits per heavy atom. The summed E-state index contributed by atoms with van der Waals surface area (Å²) in [5, 5.41) is 0. The Hall–Kier alpha value is -0.610. The molecule has 3 fully saturated rings. The molecule has 3 aliphatic rings. The third kappa shape index (κ3) is 3.18. The van der Waals surface area contributed by atoms with Crippen LogP contribution in [0.1, 0.15) is 40.5 Å². The number of piperidine rings is 1. The number of carbonyl (C=O) groups excluding carboxylic acids is 1. The van der Waals surface area contributed by atoms with E-state index in [1.807, 2.05) is 0 Å². The van der Waals surface area contributed by atoms with Gasteiger partial charge in [-0.1, -0.05) is 13.8 Å². The number of rotatable bonds is 4. The van der Waals surface area contributed by atoms with Crippen molar-refractivity contribution in [1.82, 2.24) is 14.7 Å². The largest absolute Gasteiger partial charge is 0.342 e. The van der Waals surface area contributed by atoms with Gasteiger partial charge in [0.2, 0.25) is 5.91 Å². The Kier molecular flexibility index (Phi) is 4.79. The Balaban J connectivity index is 1.37. The molecule has 0 aromatic heterocycles. The molecule has 126 valence electrons. The van der Waals surface area contributed by atoms with Crippen LogP contribution in [0.2, 0.25) is 0 Å². The zero-order valence-electron chi connectivity index (χ0n) is 14.8. The fraction of sp³-hybridized carbons (Fsp3) is 0.944. The summed E-state index contributed by atoms with van der Waals surface area (Å²) < 4.78 is 0. The predicted molar refractivity (Wildman–Crippen MR) is 89.7 cm³/mol. The van der Waals surface area contributed by atoms with Gasteiger partial charge in [-0.05, 0) is 51.6 Å². The van der Waals surface area contributed by atoms with Gasteiger partial charge in [-0.15, -0.1) is 0 Å². The highest BCUT2D eigenvalue weighted by Gasteiger charge is 2.42. The second kappa shape index (κ2) is 6.48. The van der Waals surface area contributed by atoms with Gasteiger partial charge in [-0.3, -0.25) is 9.69 Å². The first kappa shape index (κ1) is 16.3. The maximum atomic E-state index is 12.4. The molecule has 0 radical (unpaired) electrons. The smallest absolute Gasteiger partial charge is 0.228 e. The first-order valence-electron chi connectivity index (χ1n) is 9.22. The van der Waals surface area contributed by atoms with Crippen molar-refractivity contribution in [1.29, 1.82) is 0 Å². The van der Waals surface area contributed by atoms with Gasteiger partial charge in [-0.25, -0.2) is 0 Å². The van der Waals surface area contributed by atoms with E-state index in [0.29, 0.717) is 17.9 Å². The molecule has 0 N–H and O–H groups in total. The number of carbonyl (C=O) groups is 1. The van der Waals surface area contributed by atoms with Gasteiger partial charge in [0.1, 0.15) is 0 Å². The van der Waals surface area contributed by atoms with Crippen molar-refractivity contribution in [3.05, 3.63) is 0 Å². The van der Waals surface area contributed by atoms with Crippen LogP contribution in [0.4, 0.5) is 0 Å². The summed E-state index contributed by atoms with van der Waals surface area (Å²) in [5.41, 5.74) is 0. The first-order chi connectivity index (χ1) is 10.5. The quantitative estimate of drug-likeness (QED) is 0.794. The van der Waals surface area contributed by atoms with E-state index in [1.165, 1.54) is 25.9 Å². The molecule has 0 saturated carbocycles. The molecule has 4 nitrogen and oxygen atoms in total. The molecule has 3 rings (SSSR count). The van der Waals surface area contributed by atoms with Crippen LogP contribution in [0.5, 0.6) is 0 Å². The van der Waals surface area contributed by atoms with E-state index in [-0.39, 0.29) is 5.92 Å². The Bertz CT molecular complexity index is 389. The van der Waals surface area contributed by atoms with E-state index in [1.54, 1.807) is 0 Å². The lowest BCUT2D eigenvalue weighted by Crippen LogP contribution is -2.62. The molecular formula is C18H33N3O. The molecule has 0 atom stereocenters. The van der Waals surface area contributed by atoms with E-state index in [2.05, 4.69) is 42.4 Å². The maximum Gasteiger partial charge on any atom is 0.228 e. The Labute approximate surface area is 135 Å². The number of amides is 1. The van der Waals surface area contributed by atoms with E-state index >= 15 is 0 Å². The van der Waals surface area contributed by atoms with Crippen LogP contribution in [0.15, 0.2) is 0 Å². The maximum absolute atomic E-state index is 12.4.